The number of ether oxygens (including phenoxy) is 1. The van der Waals surface area contributed by atoms with Crippen LogP contribution in [0.2, 0.25) is 0 Å². The molecule has 1 aromatic carbocycles. The Morgan fingerprint density at radius 1 is 1.26 bits per heavy atom. The van der Waals surface area contributed by atoms with E-state index in [0.717, 1.165) is 37.7 Å². The van der Waals surface area contributed by atoms with Crippen LogP contribution < -0.4 is 15.4 Å². The van der Waals surface area contributed by atoms with Gasteiger partial charge in [0.1, 0.15) is 5.75 Å². The van der Waals surface area contributed by atoms with Crippen molar-refractivity contribution in [2.45, 2.75) is 32.1 Å². The molecule has 1 saturated carbocycles. The van der Waals surface area contributed by atoms with Crippen molar-refractivity contribution < 1.29 is 4.74 Å². The predicted molar refractivity (Wildman–Crippen MR) is 80.8 cm³/mol. The lowest BCUT2D eigenvalue weighted by atomic mass is 10.1. The summed E-state index contributed by atoms with van der Waals surface area (Å²) in [4.78, 5) is 2.46. The molecule has 106 valence electrons. The van der Waals surface area contributed by atoms with Gasteiger partial charge in [0.2, 0.25) is 0 Å². The number of para-hydroxylation sites is 2. The first-order valence-electron chi connectivity index (χ1n) is 7.43. The van der Waals surface area contributed by atoms with E-state index in [1.165, 1.54) is 31.4 Å². The van der Waals surface area contributed by atoms with E-state index in [0.29, 0.717) is 0 Å². The number of benzene rings is 1. The first-order chi connectivity index (χ1) is 9.35. The molecule has 0 saturated heterocycles. The SMILES string of the molecule is COc1ccccc1N(CCCN)CC1CCCC1. The number of hydrogen-bond donors (Lipinski definition) is 1. The lowest BCUT2D eigenvalue weighted by molar-refractivity contribution is 0.412. The maximum absolute atomic E-state index is 5.68. The van der Waals surface area contributed by atoms with E-state index < -0.39 is 0 Å². The molecule has 0 unspecified atom stereocenters. The summed E-state index contributed by atoms with van der Waals surface area (Å²) in [6.07, 6.45) is 6.55. The molecule has 2 N–H and O–H groups in total. The largest absolute Gasteiger partial charge is 0.495 e. The van der Waals surface area contributed by atoms with E-state index in [4.69, 9.17) is 10.5 Å². The average molecular weight is 262 g/mol. The number of rotatable bonds is 7. The molecule has 3 heteroatoms. The average Bonchev–Trinajstić information content (AvgIpc) is 2.96. The van der Waals surface area contributed by atoms with Crippen LogP contribution >= 0.6 is 0 Å². The van der Waals surface area contributed by atoms with Crippen molar-refractivity contribution in [1.82, 2.24) is 0 Å². The second-order valence-corrected chi connectivity index (χ2v) is 5.41. The molecule has 0 aromatic heterocycles. The van der Waals surface area contributed by atoms with Crippen LogP contribution in [0.1, 0.15) is 32.1 Å². The highest BCUT2D eigenvalue weighted by atomic mass is 16.5. The molecule has 2 rings (SSSR count). The van der Waals surface area contributed by atoms with E-state index in [1.54, 1.807) is 7.11 Å². The predicted octanol–water partition coefficient (Wildman–Crippen LogP) is 3.04. The smallest absolute Gasteiger partial charge is 0.142 e. The Bertz CT molecular complexity index is 375. The third kappa shape index (κ3) is 3.87. The molecular formula is C16H26N2O. The number of nitrogens with two attached hydrogens (primary N) is 1. The van der Waals surface area contributed by atoms with Crippen LogP contribution in [-0.2, 0) is 0 Å². The molecule has 3 nitrogen and oxygen atoms in total. The van der Waals surface area contributed by atoms with Gasteiger partial charge in [-0.15, -0.1) is 0 Å². The zero-order valence-electron chi connectivity index (χ0n) is 12.0. The van der Waals surface area contributed by atoms with Gasteiger partial charge in [-0.05, 0) is 43.9 Å². The molecule has 0 bridgehead atoms. The minimum atomic E-state index is 0.746. The maximum atomic E-state index is 5.68. The summed E-state index contributed by atoms with van der Waals surface area (Å²) in [6, 6.07) is 8.31. The summed E-state index contributed by atoms with van der Waals surface area (Å²) in [5.74, 6) is 1.81. The van der Waals surface area contributed by atoms with Gasteiger partial charge in [-0.25, -0.2) is 0 Å². The van der Waals surface area contributed by atoms with Gasteiger partial charge >= 0.3 is 0 Å². The molecule has 0 radical (unpaired) electrons. The summed E-state index contributed by atoms with van der Waals surface area (Å²) in [5, 5.41) is 0. The molecule has 19 heavy (non-hydrogen) atoms. The van der Waals surface area contributed by atoms with E-state index in [1.807, 2.05) is 12.1 Å². The highest BCUT2D eigenvalue weighted by Gasteiger charge is 2.20. The first-order valence-corrected chi connectivity index (χ1v) is 7.43. The monoisotopic (exact) mass is 262 g/mol. The minimum absolute atomic E-state index is 0.746. The Kier molecular flexibility index (Phi) is 5.52. The first kappa shape index (κ1) is 14.2. The van der Waals surface area contributed by atoms with Crippen molar-refractivity contribution in [2.75, 3.05) is 31.6 Å². The molecule has 0 aliphatic heterocycles. The van der Waals surface area contributed by atoms with Crippen molar-refractivity contribution in [1.29, 1.82) is 0 Å². The van der Waals surface area contributed by atoms with Gasteiger partial charge in [0.05, 0.1) is 12.8 Å². The van der Waals surface area contributed by atoms with E-state index in [2.05, 4.69) is 17.0 Å². The Morgan fingerprint density at radius 2 is 2.00 bits per heavy atom. The molecule has 1 fully saturated rings. The molecule has 0 spiro atoms. The van der Waals surface area contributed by atoms with Crippen LogP contribution in [0.4, 0.5) is 5.69 Å². The Labute approximate surface area is 116 Å². The Hall–Kier alpha value is -1.22. The highest BCUT2D eigenvalue weighted by molar-refractivity contribution is 5.58. The number of methoxy groups -OCH3 is 1. The van der Waals surface area contributed by atoms with Crippen LogP contribution in [0.25, 0.3) is 0 Å². The van der Waals surface area contributed by atoms with Gasteiger partial charge in [0.15, 0.2) is 0 Å². The quantitative estimate of drug-likeness (QED) is 0.821. The zero-order valence-corrected chi connectivity index (χ0v) is 12.0. The minimum Gasteiger partial charge on any atom is -0.495 e. The van der Waals surface area contributed by atoms with Crippen molar-refractivity contribution in [2.24, 2.45) is 11.7 Å². The van der Waals surface area contributed by atoms with Crippen molar-refractivity contribution >= 4 is 5.69 Å². The van der Waals surface area contributed by atoms with Gasteiger partial charge in [-0.3, -0.25) is 0 Å². The van der Waals surface area contributed by atoms with Crippen LogP contribution in [0.15, 0.2) is 24.3 Å². The molecular weight excluding hydrogens is 236 g/mol. The van der Waals surface area contributed by atoms with E-state index in [-0.39, 0.29) is 0 Å². The maximum Gasteiger partial charge on any atom is 0.142 e. The van der Waals surface area contributed by atoms with E-state index in [9.17, 15) is 0 Å². The Morgan fingerprint density at radius 3 is 2.68 bits per heavy atom. The highest BCUT2D eigenvalue weighted by Crippen LogP contribution is 2.32. The molecule has 0 heterocycles. The lowest BCUT2D eigenvalue weighted by Gasteiger charge is -2.29. The van der Waals surface area contributed by atoms with Gasteiger partial charge in [-0.2, -0.15) is 0 Å². The summed E-state index contributed by atoms with van der Waals surface area (Å²) in [5.41, 5.74) is 6.89. The van der Waals surface area contributed by atoms with Crippen molar-refractivity contribution in [3.05, 3.63) is 24.3 Å². The third-order valence-corrected chi connectivity index (χ3v) is 4.01. The summed E-state index contributed by atoms with van der Waals surface area (Å²) < 4.78 is 5.50. The lowest BCUT2D eigenvalue weighted by Crippen LogP contribution is -2.31. The third-order valence-electron chi connectivity index (χ3n) is 4.01. The molecule has 0 amide bonds. The summed E-state index contributed by atoms with van der Waals surface area (Å²) in [6.45, 7) is 2.91. The van der Waals surface area contributed by atoms with Gasteiger partial charge < -0.3 is 15.4 Å². The zero-order chi connectivity index (χ0) is 13.5. The fourth-order valence-electron chi connectivity index (χ4n) is 2.99. The topological polar surface area (TPSA) is 38.5 Å². The summed E-state index contributed by atoms with van der Waals surface area (Å²) in [7, 11) is 1.75. The summed E-state index contributed by atoms with van der Waals surface area (Å²) >= 11 is 0. The molecule has 1 aliphatic carbocycles. The second-order valence-electron chi connectivity index (χ2n) is 5.41. The number of anilines is 1. The van der Waals surface area contributed by atoms with Crippen molar-refractivity contribution in [3.8, 4) is 5.75 Å². The van der Waals surface area contributed by atoms with Gasteiger partial charge in [0.25, 0.3) is 0 Å². The van der Waals surface area contributed by atoms with Crippen LogP contribution in [-0.4, -0.2) is 26.7 Å². The fraction of sp³-hybridized carbons (Fsp3) is 0.625. The van der Waals surface area contributed by atoms with Crippen molar-refractivity contribution in [3.63, 3.8) is 0 Å². The van der Waals surface area contributed by atoms with Gasteiger partial charge in [-0.1, -0.05) is 25.0 Å². The standard InChI is InChI=1S/C16H26N2O/c1-19-16-10-5-4-9-15(16)18(12-6-11-17)13-14-7-2-3-8-14/h4-5,9-10,14H,2-3,6-8,11-13,17H2,1H3. The molecule has 1 aliphatic rings. The van der Waals surface area contributed by atoms with Gasteiger partial charge in [0, 0.05) is 13.1 Å². The molecule has 1 aromatic rings. The Balaban J connectivity index is 2.10. The fourth-order valence-corrected chi connectivity index (χ4v) is 2.99. The van der Waals surface area contributed by atoms with Crippen LogP contribution in [0, 0.1) is 5.92 Å². The second kappa shape index (κ2) is 7.39. The van der Waals surface area contributed by atoms with Crippen LogP contribution in [0.5, 0.6) is 5.75 Å². The van der Waals surface area contributed by atoms with Crippen LogP contribution in [0.3, 0.4) is 0 Å². The number of hydrogen-bond acceptors (Lipinski definition) is 3. The van der Waals surface area contributed by atoms with E-state index >= 15 is 0 Å². The normalized spacial score (nSPS) is 15.7. The molecule has 0 atom stereocenters. The number of nitrogens with zero attached hydrogens (tertiary/aromatic N) is 1.